The molecule has 3 aromatic rings. The summed E-state index contributed by atoms with van der Waals surface area (Å²) in [5.41, 5.74) is 3.21. The van der Waals surface area contributed by atoms with Gasteiger partial charge in [0.25, 0.3) is 0 Å². The van der Waals surface area contributed by atoms with Gasteiger partial charge in [0, 0.05) is 5.56 Å². The van der Waals surface area contributed by atoms with Crippen molar-refractivity contribution >= 4 is 11.0 Å². The second kappa shape index (κ2) is 3.48. The second-order valence-corrected chi connectivity index (χ2v) is 3.77. The van der Waals surface area contributed by atoms with Gasteiger partial charge in [-0.25, -0.2) is 4.98 Å². The monoisotopic (exact) mass is 213 g/mol. The van der Waals surface area contributed by atoms with Crippen LogP contribution in [0.25, 0.3) is 11.0 Å². The molecule has 0 atom stereocenters. The summed E-state index contributed by atoms with van der Waals surface area (Å²) in [5.74, 6) is 1.00. The van der Waals surface area contributed by atoms with Gasteiger partial charge >= 0.3 is 0 Å². The van der Waals surface area contributed by atoms with Gasteiger partial charge in [0.2, 0.25) is 0 Å². The Labute approximate surface area is 92.5 Å². The van der Waals surface area contributed by atoms with E-state index in [4.69, 9.17) is 4.52 Å². The second-order valence-electron chi connectivity index (χ2n) is 3.77. The highest BCUT2D eigenvalue weighted by Crippen LogP contribution is 2.16. The van der Waals surface area contributed by atoms with Crippen molar-refractivity contribution in [1.29, 1.82) is 0 Å². The molecule has 0 bridgehead atoms. The molecule has 3 rings (SSSR count). The first-order chi connectivity index (χ1) is 7.84. The zero-order chi connectivity index (χ0) is 11.0. The van der Waals surface area contributed by atoms with E-state index in [0.717, 1.165) is 29.0 Å². The van der Waals surface area contributed by atoms with Crippen LogP contribution in [0.15, 0.2) is 41.2 Å². The van der Waals surface area contributed by atoms with E-state index in [9.17, 15) is 0 Å². The van der Waals surface area contributed by atoms with Gasteiger partial charge in [-0.3, -0.25) is 0 Å². The lowest BCUT2D eigenvalue weighted by Crippen LogP contribution is -2.00. The van der Waals surface area contributed by atoms with E-state index in [1.165, 1.54) is 0 Å². The van der Waals surface area contributed by atoms with Crippen LogP contribution in [0.5, 0.6) is 0 Å². The number of benzene rings is 1. The molecule has 4 nitrogen and oxygen atoms in total. The van der Waals surface area contributed by atoms with Crippen LogP contribution in [0.2, 0.25) is 0 Å². The predicted molar refractivity (Wildman–Crippen MR) is 60.1 cm³/mol. The third kappa shape index (κ3) is 1.39. The standard InChI is InChI=1S/C12H11N3O/c1-9-14-11-4-2-3-5-12(11)15(9)7-10-6-13-16-8-10/h2-6,8H,7H2,1H3. The number of hydrogen-bond donors (Lipinski definition) is 0. The van der Waals surface area contributed by atoms with Crippen molar-refractivity contribution in [3.8, 4) is 0 Å². The molecule has 16 heavy (non-hydrogen) atoms. The summed E-state index contributed by atoms with van der Waals surface area (Å²) < 4.78 is 6.99. The van der Waals surface area contributed by atoms with Gasteiger partial charge in [-0.05, 0) is 19.1 Å². The van der Waals surface area contributed by atoms with Gasteiger partial charge in [-0.15, -0.1) is 0 Å². The summed E-state index contributed by atoms with van der Waals surface area (Å²) in [5, 5.41) is 3.70. The molecule has 0 fully saturated rings. The number of imidazole rings is 1. The van der Waals surface area contributed by atoms with E-state index in [1.807, 2.05) is 25.1 Å². The van der Waals surface area contributed by atoms with Crippen LogP contribution >= 0.6 is 0 Å². The fourth-order valence-electron chi connectivity index (χ4n) is 1.88. The number of aromatic nitrogens is 3. The van der Waals surface area contributed by atoms with Gasteiger partial charge in [0.05, 0.1) is 23.8 Å². The summed E-state index contributed by atoms with van der Waals surface area (Å²) in [6, 6.07) is 8.11. The Bertz CT molecular complexity index is 610. The lowest BCUT2D eigenvalue weighted by Gasteiger charge is -2.03. The molecule has 1 aromatic carbocycles. The van der Waals surface area contributed by atoms with Crippen LogP contribution in [0, 0.1) is 6.92 Å². The summed E-state index contributed by atoms with van der Waals surface area (Å²) in [4.78, 5) is 4.51. The molecule has 0 amide bonds. The third-order valence-corrected chi connectivity index (χ3v) is 2.67. The van der Waals surface area contributed by atoms with Crippen molar-refractivity contribution in [2.24, 2.45) is 0 Å². The van der Waals surface area contributed by atoms with E-state index in [-0.39, 0.29) is 0 Å². The fraction of sp³-hybridized carbons (Fsp3) is 0.167. The van der Waals surface area contributed by atoms with E-state index in [0.29, 0.717) is 0 Å². The minimum atomic E-state index is 0.746. The Morgan fingerprint density at radius 3 is 3.00 bits per heavy atom. The molecule has 80 valence electrons. The van der Waals surface area contributed by atoms with E-state index in [1.54, 1.807) is 12.5 Å². The van der Waals surface area contributed by atoms with Crippen LogP contribution in [-0.2, 0) is 6.54 Å². The van der Waals surface area contributed by atoms with Crippen molar-refractivity contribution in [1.82, 2.24) is 14.7 Å². The summed E-state index contributed by atoms with van der Waals surface area (Å²) in [6.07, 6.45) is 3.39. The molecule has 4 heteroatoms. The highest BCUT2D eigenvalue weighted by Gasteiger charge is 2.07. The molecule has 2 aromatic heterocycles. The smallest absolute Gasteiger partial charge is 0.128 e. The molecule has 0 saturated carbocycles. The predicted octanol–water partition coefficient (Wildman–Crippen LogP) is 2.38. The van der Waals surface area contributed by atoms with E-state index < -0.39 is 0 Å². The third-order valence-electron chi connectivity index (χ3n) is 2.67. The van der Waals surface area contributed by atoms with Crippen molar-refractivity contribution in [3.63, 3.8) is 0 Å². The molecule has 0 spiro atoms. The fourth-order valence-corrected chi connectivity index (χ4v) is 1.88. The first-order valence-electron chi connectivity index (χ1n) is 5.15. The largest absolute Gasteiger partial charge is 0.364 e. The number of rotatable bonds is 2. The number of nitrogens with zero attached hydrogens (tertiary/aromatic N) is 3. The summed E-state index contributed by atoms with van der Waals surface area (Å²) >= 11 is 0. The van der Waals surface area contributed by atoms with Gasteiger partial charge in [-0.2, -0.15) is 0 Å². The molecule has 0 N–H and O–H groups in total. The van der Waals surface area contributed by atoms with Crippen LogP contribution < -0.4 is 0 Å². The van der Waals surface area contributed by atoms with Crippen molar-refractivity contribution < 1.29 is 4.52 Å². The highest BCUT2D eigenvalue weighted by molar-refractivity contribution is 5.75. The maximum atomic E-state index is 4.83. The van der Waals surface area contributed by atoms with Gasteiger partial charge in [0.15, 0.2) is 0 Å². The van der Waals surface area contributed by atoms with Gasteiger partial charge in [-0.1, -0.05) is 17.3 Å². The Morgan fingerprint density at radius 2 is 2.19 bits per heavy atom. The molecule has 0 radical (unpaired) electrons. The number of fused-ring (bicyclic) bond motifs is 1. The normalized spacial score (nSPS) is 11.1. The van der Waals surface area contributed by atoms with Gasteiger partial charge in [0.1, 0.15) is 12.1 Å². The topological polar surface area (TPSA) is 43.9 Å². The highest BCUT2D eigenvalue weighted by atomic mass is 16.5. The minimum absolute atomic E-state index is 0.746. The SMILES string of the molecule is Cc1nc2ccccc2n1Cc1cnoc1. The maximum Gasteiger partial charge on any atom is 0.128 e. The molecule has 0 aliphatic carbocycles. The molecule has 0 aliphatic heterocycles. The van der Waals surface area contributed by atoms with E-state index >= 15 is 0 Å². The van der Waals surface area contributed by atoms with Crippen molar-refractivity contribution in [2.75, 3.05) is 0 Å². The number of hydrogen-bond acceptors (Lipinski definition) is 3. The molecule has 0 unspecified atom stereocenters. The Kier molecular flexibility index (Phi) is 1.99. The van der Waals surface area contributed by atoms with Crippen LogP contribution in [-0.4, -0.2) is 14.7 Å². The zero-order valence-corrected chi connectivity index (χ0v) is 8.92. The molecule has 2 heterocycles. The first kappa shape index (κ1) is 9.15. The molecular weight excluding hydrogens is 202 g/mol. The van der Waals surface area contributed by atoms with E-state index in [2.05, 4.69) is 20.8 Å². The minimum Gasteiger partial charge on any atom is -0.364 e. The van der Waals surface area contributed by atoms with Gasteiger partial charge < -0.3 is 9.09 Å². The van der Waals surface area contributed by atoms with Crippen molar-refractivity contribution in [2.45, 2.75) is 13.5 Å². The van der Waals surface area contributed by atoms with Crippen LogP contribution in [0.4, 0.5) is 0 Å². The first-order valence-corrected chi connectivity index (χ1v) is 5.15. The lowest BCUT2D eigenvalue weighted by atomic mass is 10.3. The lowest BCUT2D eigenvalue weighted by molar-refractivity contribution is 0.418. The number of aryl methyl sites for hydroxylation is 1. The molecule has 0 saturated heterocycles. The number of para-hydroxylation sites is 2. The summed E-state index contributed by atoms with van der Waals surface area (Å²) in [6.45, 7) is 2.75. The Morgan fingerprint density at radius 1 is 1.31 bits per heavy atom. The molecule has 0 aliphatic rings. The van der Waals surface area contributed by atoms with Crippen molar-refractivity contribution in [3.05, 3.63) is 48.1 Å². The zero-order valence-electron chi connectivity index (χ0n) is 8.92. The Balaban J connectivity index is 2.12. The molecular formula is C12H11N3O. The van der Waals surface area contributed by atoms with Crippen LogP contribution in [0.3, 0.4) is 0 Å². The quantitative estimate of drug-likeness (QED) is 0.656. The van der Waals surface area contributed by atoms with Crippen LogP contribution in [0.1, 0.15) is 11.4 Å². The average molecular weight is 213 g/mol. The average Bonchev–Trinajstić information content (AvgIpc) is 2.89. The summed E-state index contributed by atoms with van der Waals surface area (Å²) in [7, 11) is 0. The Hall–Kier alpha value is -2.10. The maximum absolute atomic E-state index is 4.83.